The van der Waals surface area contributed by atoms with Crippen LogP contribution in [0.5, 0.6) is 5.75 Å². The van der Waals surface area contributed by atoms with Crippen molar-refractivity contribution in [3.63, 3.8) is 0 Å². The molecule has 2 aromatic rings. The number of aliphatic hydroxyl groups excluding tert-OH is 1. The number of hydrogen-bond acceptors (Lipinski definition) is 6. The van der Waals surface area contributed by atoms with Gasteiger partial charge < -0.3 is 19.5 Å². The van der Waals surface area contributed by atoms with E-state index < -0.39 is 30.9 Å². The van der Waals surface area contributed by atoms with Gasteiger partial charge in [0.2, 0.25) is 5.52 Å². The summed E-state index contributed by atoms with van der Waals surface area (Å²) in [4.78, 5) is 25.5. The molecule has 0 amide bonds. The lowest BCUT2D eigenvalue weighted by Gasteiger charge is -2.22. The van der Waals surface area contributed by atoms with Crippen LogP contribution in [0.2, 0.25) is 0 Å². The molecule has 0 radical (unpaired) electrons. The third-order valence-corrected chi connectivity index (χ3v) is 6.39. The lowest BCUT2D eigenvalue weighted by atomic mass is 9.96. The van der Waals surface area contributed by atoms with Crippen molar-refractivity contribution in [3.05, 3.63) is 64.2 Å². The Hall–Kier alpha value is -2.27. The van der Waals surface area contributed by atoms with Crippen molar-refractivity contribution in [1.82, 2.24) is 0 Å². The zero-order chi connectivity index (χ0) is 21.8. The predicted octanol–water partition coefficient (Wildman–Crippen LogP) is 3.32. The summed E-state index contributed by atoms with van der Waals surface area (Å²) in [5, 5.41) is 19.4. The summed E-state index contributed by atoms with van der Waals surface area (Å²) in [5.74, 6) is -0.140. The molecule has 0 aliphatic heterocycles. The van der Waals surface area contributed by atoms with Crippen molar-refractivity contribution < 1.29 is 29.1 Å². The summed E-state index contributed by atoms with van der Waals surface area (Å²) in [6, 6.07) is 9.75. The number of aryl methyl sites for hydroxylation is 3. The number of benzene rings is 2. The molecule has 29 heavy (non-hydrogen) atoms. The number of aliphatic hydroxyl groups is 2. The highest BCUT2D eigenvalue weighted by molar-refractivity contribution is 7.64. The maximum Gasteiger partial charge on any atom is 0.219 e. The highest BCUT2D eigenvalue weighted by atomic mass is 31.1. The van der Waals surface area contributed by atoms with Gasteiger partial charge in [-0.15, -0.1) is 0 Å². The molecule has 0 aliphatic rings. The first-order chi connectivity index (χ1) is 13.6. The minimum absolute atomic E-state index is 0.127. The molecule has 0 heterocycles. The Morgan fingerprint density at radius 3 is 2.14 bits per heavy atom. The minimum Gasteiger partial charge on any atom is -0.491 e. The number of hydrogen-bond donors (Lipinski definition) is 2. The van der Waals surface area contributed by atoms with Crippen LogP contribution in [0, 0.1) is 20.8 Å². The fourth-order valence-electron chi connectivity index (χ4n) is 3.33. The van der Waals surface area contributed by atoms with Gasteiger partial charge in [-0.25, -0.2) is 0 Å². The van der Waals surface area contributed by atoms with Crippen LogP contribution in [-0.2, 0) is 4.57 Å². The van der Waals surface area contributed by atoms with Crippen molar-refractivity contribution in [3.8, 4) is 5.75 Å². The van der Waals surface area contributed by atoms with Crippen molar-refractivity contribution in [2.75, 3.05) is 19.4 Å². The summed E-state index contributed by atoms with van der Waals surface area (Å²) in [5.41, 5.74) is 0.622. The molecular weight excluding hydrogens is 391 g/mol. The first kappa shape index (κ1) is 23.0. The molecule has 2 N–H and O–H groups in total. The molecule has 0 saturated carbocycles. The lowest BCUT2D eigenvalue weighted by molar-refractivity contribution is 0.0500. The maximum atomic E-state index is 12.8. The second-order valence-corrected chi connectivity index (χ2v) is 9.06. The first-order valence-electron chi connectivity index (χ1n) is 9.33. The van der Waals surface area contributed by atoms with E-state index in [9.17, 15) is 19.3 Å². The first-order valence-corrected chi connectivity index (χ1v) is 10.9. The van der Waals surface area contributed by atoms with Crippen LogP contribution in [0.1, 0.15) is 44.3 Å². The van der Waals surface area contributed by atoms with Crippen LogP contribution >= 0.6 is 7.80 Å². The molecule has 0 aliphatic carbocycles. The molecule has 6 nitrogen and oxygen atoms in total. The average Bonchev–Trinajstić information content (AvgIpc) is 2.64. The summed E-state index contributed by atoms with van der Waals surface area (Å²) < 4.78 is 18.0. The zero-order valence-corrected chi connectivity index (χ0v) is 18.1. The Morgan fingerprint density at radius 1 is 1.07 bits per heavy atom. The lowest BCUT2D eigenvalue weighted by Crippen LogP contribution is -2.38. The molecular formula is C22H27O6P. The summed E-state index contributed by atoms with van der Waals surface area (Å²) in [6.07, 6.45) is -0.426. The molecule has 0 spiro atoms. The third-order valence-electron chi connectivity index (χ3n) is 4.63. The van der Waals surface area contributed by atoms with Crippen LogP contribution in [-0.4, -0.2) is 46.5 Å². The van der Waals surface area contributed by atoms with E-state index in [1.807, 2.05) is 19.1 Å². The van der Waals surface area contributed by atoms with Gasteiger partial charge in [-0.3, -0.25) is 9.59 Å². The van der Waals surface area contributed by atoms with Gasteiger partial charge in [-0.2, -0.15) is 0 Å². The second kappa shape index (κ2) is 9.49. The van der Waals surface area contributed by atoms with Gasteiger partial charge in [0.25, 0.3) is 0 Å². The predicted molar refractivity (Wildman–Crippen MR) is 113 cm³/mol. The van der Waals surface area contributed by atoms with E-state index in [1.165, 1.54) is 19.1 Å². The molecule has 0 fully saturated rings. The second-order valence-electron chi connectivity index (χ2n) is 7.40. The smallest absolute Gasteiger partial charge is 0.219 e. The van der Waals surface area contributed by atoms with Crippen molar-refractivity contribution in [2.24, 2.45) is 0 Å². The SMILES string of the molecule is Cc1cc(C)c(C(=O)[PH](=O)CC(C)(O)C(=O)c2ccc(OCCO)cc2)c(C)c1. The van der Waals surface area contributed by atoms with E-state index in [2.05, 4.69) is 0 Å². The highest BCUT2D eigenvalue weighted by Crippen LogP contribution is 2.35. The molecule has 2 rings (SSSR count). The largest absolute Gasteiger partial charge is 0.491 e. The summed E-state index contributed by atoms with van der Waals surface area (Å²) in [6.45, 7) is 6.76. The van der Waals surface area contributed by atoms with E-state index in [0.29, 0.717) is 11.3 Å². The Labute approximate surface area is 171 Å². The molecule has 0 aromatic heterocycles. The van der Waals surface area contributed by atoms with Crippen LogP contribution in [0.3, 0.4) is 0 Å². The highest BCUT2D eigenvalue weighted by Gasteiger charge is 2.35. The number of ether oxygens (including phenoxy) is 1. The van der Waals surface area contributed by atoms with Gasteiger partial charge in [-0.1, -0.05) is 17.7 Å². The number of carbonyl (C=O) groups is 2. The number of rotatable bonds is 9. The normalized spacial score (nSPS) is 14.1. The van der Waals surface area contributed by atoms with Crippen LogP contribution in [0.25, 0.3) is 0 Å². The van der Waals surface area contributed by atoms with Crippen LogP contribution in [0.15, 0.2) is 36.4 Å². The maximum absolute atomic E-state index is 12.8. The topological polar surface area (TPSA) is 101 Å². The van der Waals surface area contributed by atoms with E-state index in [-0.39, 0.29) is 18.8 Å². The number of ketones is 1. The molecule has 0 saturated heterocycles. The van der Waals surface area contributed by atoms with Gasteiger partial charge in [0, 0.05) is 17.3 Å². The van der Waals surface area contributed by atoms with Crippen molar-refractivity contribution >= 4 is 19.1 Å². The monoisotopic (exact) mass is 418 g/mol. The van der Waals surface area contributed by atoms with E-state index in [4.69, 9.17) is 9.84 Å². The Kier molecular flexibility index (Phi) is 7.53. The minimum atomic E-state index is -2.92. The molecule has 2 unspecified atom stereocenters. The quantitative estimate of drug-likeness (QED) is 0.479. The Balaban J connectivity index is 2.16. The van der Waals surface area contributed by atoms with Gasteiger partial charge in [-0.05, 0) is 63.1 Å². The zero-order valence-electron chi connectivity index (χ0n) is 17.1. The Morgan fingerprint density at radius 2 is 1.62 bits per heavy atom. The van der Waals surface area contributed by atoms with Gasteiger partial charge in [0.05, 0.1) is 6.61 Å². The van der Waals surface area contributed by atoms with E-state index >= 15 is 0 Å². The van der Waals surface area contributed by atoms with Gasteiger partial charge in [0.15, 0.2) is 5.78 Å². The van der Waals surface area contributed by atoms with Crippen LogP contribution < -0.4 is 4.74 Å². The average molecular weight is 418 g/mol. The van der Waals surface area contributed by atoms with E-state index in [1.54, 1.807) is 26.0 Å². The van der Waals surface area contributed by atoms with Crippen LogP contribution in [0.4, 0.5) is 0 Å². The molecule has 2 atom stereocenters. The molecule has 156 valence electrons. The van der Waals surface area contributed by atoms with Gasteiger partial charge >= 0.3 is 0 Å². The third kappa shape index (κ3) is 5.63. The fraction of sp³-hybridized carbons (Fsp3) is 0.364. The Bertz CT molecular complexity index is 908. The molecule has 0 bridgehead atoms. The van der Waals surface area contributed by atoms with Crippen molar-refractivity contribution in [1.29, 1.82) is 0 Å². The molecule has 2 aromatic carbocycles. The number of carbonyl (C=O) groups excluding carboxylic acids is 2. The summed E-state index contributed by atoms with van der Waals surface area (Å²) >= 11 is 0. The van der Waals surface area contributed by atoms with Gasteiger partial charge in [0.1, 0.15) is 25.8 Å². The molecule has 7 heteroatoms. The summed E-state index contributed by atoms with van der Waals surface area (Å²) in [7, 11) is -2.92. The fourth-order valence-corrected chi connectivity index (χ4v) is 4.95. The standard InChI is InChI=1S/C22H27O6P/c1-14-11-15(2)19(16(3)12-14)21(25)29(27)13-22(4,26)20(24)17-5-7-18(8-6-17)28-10-9-23/h5-8,11-12,23,26,29H,9-10,13H2,1-4H3. The number of Topliss-reactive ketones (excluding diaryl/α,β-unsaturated/α-hetero) is 1. The van der Waals surface area contributed by atoms with Crippen molar-refractivity contribution in [2.45, 2.75) is 33.3 Å². The van der Waals surface area contributed by atoms with E-state index in [0.717, 1.165) is 16.7 Å².